The van der Waals surface area contributed by atoms with Crippen LogP contribution in [0.2, 0.25) is 0 Å². The van der Waals surface area contributed by atoms with Gasteiger partial charge in [-0.25, -0.2) is 4.79 Å². The van der Waals surface area contributed by atoms with Gasteiger partial charge in [0.25, 0.3) is 0 Å². The lowest BCUT2D eigenvalue weighted by atomic mass is 10.5. The Morgan fingerprint density at radius 3 is 3.10 bits per heavy atom. The number of hydrogen-bond acceptors (Lipinski definition) is 2. The number of nitrogens with two attached hydrogens (primary N) is 1. The summed E-state index contributed by atoms with van der Waals surface area (Å²) in [6.45, 7) is 0.211. The second-order valence-corrected chi connectivity index (χ2v) is 1.80. The predicted molar refractivity (Wildman–Crippen MR) is 35.2 cm³/mol. The molecule has 4 heteroatoms. The van der Waals surface area contributed by atoms with Gasteiger partial charge in [0.15, 0.2) is 0 Å². The topological polar surface area (TPSA) is 68.1 Å². The second kappa shape index (κ2) is 2.91. The van der Waals surface area contributed by atoms with E-state index >= 15 is 0 Å². The first-order chi connectivity index (χ1) is 4.79. The third kappa shape index (κ3) is 1.81. The Morgan fingerprint density at radius 2 is 2.60 bits per heavy atom. The van der Waals surface area contributed by atoms with Gasteiger partial charge in [-0.3, -0.25) is 0 Å². The van der Waals surface area contributed by atoms with Crippen LogP contribution in [0.3, 0.4) is 0 Å². The van der Waals surface area contributed by atoms with Gasteiger partial charge in [0.05, 0.1) is 5.69 Å². The first kappa shape index (κ1) is 6.67. The average molecular weight is 140 g/mol. The molecule has 0 fully saturated rings. The highest BCUT2D eigenvalue weighted by atomic mass is 16.5. The van der Waals surface area contributed by atoms with Crippen LogP contribution in [-0.2, 0) is 11.3 Å². The monoisotopic (exact) mass is 140 g/mol. The first-order valence-corrected chi connectivity index (χ1v) is 2.83. The molecule has 54 valence electrons. The van der Waals surface area contributed by atoms with E-state index in [0.717, 1.165) is 5.69 Å². The third-order valence-electron chi connectivity index (χ3n) is 1.03. The van der Waals surface area contributed by atoms with Crippen LogP contribution >= 0.6 is 0 Å². The smallest absolute Gasteiger partial charge is 0.404 e. The molecule has 1 aromatic heterocycles. The molecule has 0 aliphatic carbocycles. The molecule has 1 rings (SSSR count). The van der Waals surface area contributed by atoms with Crippen LogP contribution in [0.25, 0.3) is 0 Å². The molecule has 0 unspecified atom stereocenters. The van der Waals surface area contributed by atoms with Gasteiger partial charge in [0, 0.05) is 6.20 Å². The van der Waals surface area contributed by atoms with E-state index in [4.69, 9.17) is 5.73 Å². The largest absolute Gasteiger partial charge is 0.443 e. The molecular weight excluding hydrogens is 132 g/mol. The standard InChI is InChI=1S/C6H8N2O2/c7-6(9)10-4-5-2-1-3-8-5/h1-3,8H,4H2,(H2,7,9). The lowest BCUT2D eigenvalue weighted by Crippen LogP contribution is -2.12. The molecule has 1 heterocycles. The van der Waals surface area contributed by atoms with Gasteiger partial charge in [0.2, 0.25) is 0 Å². The lowest BCUT2D eigenvalue weighted by Gasteiger charge is -1.96. The number of rotatable bonds is 2. The zero-order valence-corrected chi connectivity index (χ0v) is 5.33. The van der Waals surface area contributed by atoms with E-state index in [1.807, 2.05) is 12.1 Å². The summed E-state index contributed by atoms with van der Waals surface area (Å²) in [7, 11) is 0. The van der Waals surface area contributed by atoms with Crippen LogP contribution in [-0.4, -0.2) is 11.1 Å². The highest BCUT2D eigenvalue weighted by Crippen LogP contribution is 1.95. The summed E-state index contributed by atoms with van der Waals surface area (Å²) in [6, 6.07) is 3.63. The Labute approximate surface area is 58.0 Å². The van der Waals surface area contributed by atoms with E-state index in [1.165, 1.54) is 0 Å². The first-order valence-electron chi connectivity index (χ1n) is 2.83. The molecule has 0 saturated heterocycles. The fourth-order valence-corrected chi connectivity index (χ4v) is 0.606. The summed E-state index contributed by atoms with van der Waals surface area (Å²) in [5.74, 6) is 0. The minimum absolute atomic E-state index is 0.211. The predicted octanol–water partition coefficient (Wildman–Crippen LogP) is 0.610. The zero-order chi connectivity index (χ0) is 7.40. The average Bonchev–Trinajstić information content (AvgIpc) is 2.34. The van der Waals surface area contributed by atoms with Crippen molar-refractivity contribution < 1.29 is 9.53 Å². The van der Waals surface area contributed by atoms with Gasteiger partial charge in [-0.1, -0.05) is 0 Å². The van der Waals surface area contributed by atoms with Gasteiger partial charge in [0.1, 0.15) is 6.61 Å². The number of primary amides is 1. The van der Waals surface area contributed by atoms with Crippen molar-refractivity contribution in [2.24, 2.45) is 5.73 Å². The van der Waals surface area contributed by atoms with E-state index in [-0.39, 0.29) is 6.61 Å². The number of carbonyl (C=O) groups is 1. The van der Waals surface area contributed by atoms with E-state index in [9.17, 15) is 4.79 Å². The fourth-order valence-electron chi connectivity index (χ4n) is 0.606. The molecule has 0 radical (unpaired) electrons. The van der Waals surface area contributed by atoms with E-state index in [2.05, 4.69) is 9.72 Å². The number of nitrogens with one attached hydrogen (secondary N) is 1. The van der Waals surface area contributed by atoms with Gasteiger partial charge in [-0.05, 0) is 12.1 Å². The van der Waals surface area contributed by atoms with Gasteiger partial charge >= 0.3 is 6.09 Å². The van der Waals surface area contributed by atoms with Gasteiger partial charge < -0.3 is 15.5 Å². The molecule has 3 N–H and O–H groups in total. The zero-order valence-electron chi connectivity index (χ0n) is 5.33. The summed E-state index contributed by atoms with van der Waals surface area (Å²) in [5, 5.41) is 0. The van der Waals surface area contributed by atoms with Gasteiger partial charge in [-0.2, -0.15) is 0 Å². The minimum Gasteiger partial charge on any atom is -0.443 e. The third-order valence-corrected chi connectivity index (χ3v) is 1.03. The molecule has 1 amide bonds. The summed E-state index contributed by atoms with van der Waals surface area (Å²) in [6.07, 6.45) is 0.995. The molecular formula is C6H8N2O2. The molecule has 0 aromatic carbocycles. The number of H-pyrrole nitrogens is 1. The molecule has 0 spiro atoms. The number of amides is 1. The molecule has 0 aliphatic heterocycles. The minimum atomic E-state index is -0.755. The molecule has 0 atom stereocenters. The van der Waals surface area contributed by atoms with Crippen molar-refractivity contribution >= 4 is 6.09 Å². The fraction of sp³-hybridized carbons (Fsp3) is 0.167. The quantitative estimate of drug-likeness (QED) is 0.631. The second-order valence-electron chi connectivity index (χ2n) is 1.80. The highest BCUT2D eigenvalue weighted by Gasteiger charge is 1.94. The molecule has 4 nitrogen and oxygen atoms in total. The molecule has 0 bridgehead atoms. The highest BCUT2D eigenvalue weighted by molar-refractivity contribution is 5.64. The molecule has 10 heavy (non-hydrogen) atoms. The normalized spacial score (nSPS) is 9.20. The van der Waals surface area contributed by atoms with Crippen molar-refractivity contribution in [1.82, 2.24) is 4.98 Å². The maximum Gasteiger partial charge on any atom is 0.404 e. The number of ether oxygens (including phenoxy) is 1. The van der Waals surface area contributed by atoms with Crippen molar-refractivity contribution in [1.29, 1.82) is 0 Å². The van der Waals surface area contributed by atoms with Crippen molar-refractivity contribution in [2.75, 3.05) is 0 Å². The summed E-state index contributed by atoms with van der Waals surface area (Å²) in [4.78, 5) is 12.9. The van der Waals surface area contributed by atoms with E-state index in [1.54, 1.807) is 6.20 Å². The Hall–Kier alpha value is -1.45. The number of hydrogen-bond donors (Lipinski definition) is 2. The van der Waals surface area contributed by atoms with E-state index in [0.29, 0.717) is 0 Å². The Bertz CT molecular complexity index is 206. The van der Waals surface area contributed by atoms with Crippen LogP contribution in [0, 0.1) is 0 Å². The number of carbonyl (C=O) groups excluding carboxylic acids is 1. The van der Waals surface area contributed by atoms with Gasteiger partial charge in [-0.15, -0.1) is 0 Å². The maximum absolute atomic E-state index is 10.1. The van der Waals surface area contributed by atoms with Crippen molar-refractivity contribution in [2.45, 2.75) is 6.61 Å². The number of aromatic amines is 1. The van der Waals surface area contributed by atoms with Crippen molar-refractivity contribution in [3.8, 4) is 0 Å². The Balaban J connectivity index is 2.35. The number of aromatic nitrogens is 1. The Morgan fingerprint density at radius 1 is 1.80 bits per heavy atom. The SMILES string of the molecule is NC(=O)OCc1ccc[nH]1. The van der Waals surface area contributed by atoms with Crippen molar-refractivity contribution in [3.05, 3.63) is 24.0 Å². The molecule has 0 saturated carbocycles. The summed E-state index contributed by atoms with van der Waals surface area (Å²) in [5.41, 5.74) is 5.57. The lowest BCUT2D eigenvalue weighted by molar-refractivity contribution is 0.149. The molecule has 0 aliphatic rings. The molecule has 1 aromatic rings. The van der Waals surface area contributed by atoms with Crippen LogP contribution in [0.1, 0.15) is 5.69 Å². The van der Waals surface area contributed by atoms with Crippen LogP contribution in [0.4, 0.5) is 4.79 Å². The van der Waals surface area contributed by atoms with Crippen molar-refractivity contribution in [3.63, 3.8) is 0 Å². The Kier molecular flexibility index (Phi) is 1.94. The summed E-state index contributed by atoms with van der Waals surface area (Å²) >= 11 is 0. The van der Waals surface area contributed by atoms with E-state index < -0.39 is 6.09 Å². The van der Waals surface area contributed by atoms with Crippen LogP contribution < -0.4 is 5.73 Å². The van der Waals surface area contributed by atoms with Crippen LogP contribution in [0.5, 0.6) is 0 Å². The summed E-state index contributed by atoms with van der Waals surface area (Å²) < 4.78 is 4.49. The van der Waals surface area contributed by atoms with Crippen LogP contribution in [0.15, 0.2) is 18.3 Å². The maximum atomic E-state index is 10.1.